The Kier molecular flexibility index (Phi) is 3.38. The van der Waals surface area contributed by atoms with Crippen LogP contribution in [0.4, 0.5) is 4.39 Å². The van der Waals surface area contributed by atoms with E-state index in [0.717, 1.165) is 0 Å². The molecule has 2 saturated heterocycles. The molecule has 2 rings (SSSR count). The van der Waals surface area contributed by atoms with Gasteiger partial charge in [-0.2, -0.15) is 0 Å². The van der Waals surface area contributed by atoms with Crippen molar-refractivity contribution in [2.24, 2.45) is 0 Å². The molecule has 98 valence electrons. The van der Waals surface area contributed by atoms with Crippen LogP contribution in [0.5, 0.6) is 0 Å². The molecule has 0 aromatic rings. The lowest BCUT2D eigenvalue weighted by atomic mass is 10.1. The van der Waals surface area contributed by atoms with Crippen LogP contribution in [-0.4, -0.2) is 43.0 Å². The second kappa shape index (κ2) is 4.51. The molecular formula is C11H17FO5. The minimum absolute atomic E-state index is 0.223. The Balaban J connectivity index is 1.93. The van der Waals surface area contributed by atoms with Crippen molar-refractivity contribution in [3.05, 3.63) is 0 Å². The van der Waals surface area contributed by atoms with Gasteiger partial charge in [0.25, 0.3) is 0 Å². The van der Waals surface area contributed by atoms with Gasteiger partial charge in [0.05, 0.1) is 0 Å². The Morgan fingerprint density at radius 2 is 2.24 bits per heavy atom. The van der Waals surface area contributed by atoms with Crippen LogP contribution in [0.3, 0.4) is 0 Å². The van der Waals surface area contributed by atoms with Gasteiger partial charge in [-0.3, -0.25) is 4.79 Å². The number of carbonyl (C=O) groups excluding carboxylic acids is 1. The molecule has 0 N–H and O–H groups in total. The summed E-state index contributed by atoms with van der Waals surface area (Å²) >= 11 is 0. The summed E-state index contributed by atoms with van der Waals surface area (Å²) in [5.74, 6) is -1.19. The average Bonchev–Trinajstić information content (AvgIpc) is 2.66. The third kappa shape index (κ3) is 2.75. The SMILES string of the molecule is CC(=O)OC(CF)[C@@H]1C[C@H]2OC(C)(C)O[C@H]2O1. The Hall–Kier alpha value is -0.720. The van der Waals surface area contributed by atoms with E-state index in [0.29, 0.717) is 6.42 Å². The molecule has 0 amide bonds. The van der Waals surface area contributed by atoms with E-state index in [4.69, 9.17) is 18.9 Å². The Morgan fingerprint density at radius 3 is 2.76 bits per heavy atom. The van der Waals surface area contributed by atoms with Gasteiger partial charge in [-0.05, 0) is 13.8 Å². The second-order valence-corrected chi connectivity index (χ2v) is 4.75. The number of hydrogen-bond donors (Lipinski definition) is 0. The smallest absolute Gasteiger partial charge is 0.303 e. The van der Waals surface area contributed by atoms with Gasteiger partial charge in [-0.1, -0.05) is 0 Å². The van der Waals surface area contributed by atoms with E-state index in [1.807, 2.05) is 0 Å². The van der Waals surface area contributed by atoms with Crippen molar-refractivity contribution < 1.29 is 28.1 Å². The maximum absolute atomic E-state index is 12.8. The molecule has 5 nitrogen and oxygen atoms in total. The third-order valence-electron chi connectivity index (χ3n) is 2.80. The van der Waals surface area contributed by atoms with Crippen molar-refractivity contribution >= 4 is 5.97 Å². The highest BCUT2D eigenvalue weighted by molar-refractivity contribution is 5.66. The quantitative estimate of drug-likeness (QED) is 0.701. The summed E-state index contributed by atoms with van der Waals surface area (Å²) in [4.78, 5) is 10.8. The molecule has 0 saturated carbocycles. The van der Waals surface area contributed by atoms with Crippen LogP contribution in [0.15, 0.2) is 0 Å². The first-order chi connectivity index (χ1) is 7.91. The third-order valence-corrected chi connectivity index (χ3v) is 2.80. The molecule has 0 aliphatic carbocycles. The monoisotopic (exact) mass is 248 g/mol. The summed E-state index contributed by atoms with van der Waals surface area (Å²) in [5.41, 5.74) is 0. The minimum Gasteiger partial charge on any atom is -0.457 e. The first kappa shape index (κ1) is 12.7. The lowest BCUT2D eigenvalue weighted by Gasteiger charge is -2.24. The zero-order valence-electron chi connectivity index (χ0n) is 10.1. The summed E-state index contributed by atoms with van der Waals surface area (Å²) in [5, 5.41) is 0. The van der Waals surface area contributed by atoms with Crippen molar-refractivity contribution in [2.75, 3.05) is 6.67 Å². The first-order valence-electron chi connectivity index (χ1n) is 5.65. The minimum atomic E-state index is -0.881. The van der Waals surface area contributed by atoms with Crippen molar-refractivity contribution in [3.8, 4) is 0 Å². The number of fused-ring (bicyclic) bond motifs is 1. The highest BCUT2D eigenvalue weighted by Crippen LogP contribution is 2.38. The fourth-order valence-electron chi connectivity index (χ4n) is 2.19. The largest absolute Gasteiger partial charge is 0.457 e. The van der Waals surface area contributed by atoms with E-state index < -0.39 is 36.9 Å². The number of halogens is 1. The zero-order chi connectivity index (χ0) is 12.6. The highest BCUT2D eigenvalue weighted by Gasteiger charge is 2.50. The maximum Gasteiger partial charge on any atom is 0.303 e. The van der Waals surface area contributed by atoms with E-state index in [9.17, 15) is 9.18 Å². The Labute approximate surface area is 99.2 Å². The Bertz CT molecular complexity index is 290. The van der Waals surface area contributed by atoms with Crippen LogP contribution >= 0.6 is 0 Å². The van der Waals surface area contributed by atoms with E-state index in [2.05, 4.69) is 0 Å². The fraction of sp³-hybridized carbons (Fsp3) is 0.909. The number of carbonyl (C=O) groups is 1. The van der Waals surface area contributed by atoms with Crippen LogP contribution in [0.25, 0.3) is 0 Å². The summed E-state index contributed by atoms with van der Waals surface area (Å²) in [6.07, 6.45) is -1.64. The molecule has 0 radical (unpaired) electrons. The highest BCUT2D eigenvalue weighted by atomic mass is 19.1. The summed E-state index contributed by atoms with van der Waals surface area (Å²) in [6.45, 7) is 4.06. The van der Waals surface area contributed by atoms with Gasteiger partial charge in [0.2, 0.25) is 0 Å². The lowest BCUT2D eigenvalue weighted by Crippen LogP contribution is -2.35. The van der Waals surface area contributed by atoms with Gasteiger partial charge in [0.1, 0.15) is 18.9 Å². The molecule has 2 fully saturated rings. The van der Waals surface area contributed by atoms with Gasteiger partial charge in [0, 0.05) is 13.3 Å². The molecule has 1 unspecified atom stereocenters. The molecule has 0 aromatic carbocycles. The number of rotatable bonds is 3. The zero-order valence-corrected chi connectivity index (χ0v) is 10.1. The van der Waals surface area contributed by atoms with Crippen LogP contribution in [0, 0.1) is 0 Å². The molecule has 2 aliphatic heterocycles. The van der Waals surface area contributed by atoms with E-state index in [1.165, 1.54) is 6.92 Å². The maximum atomic E-state index is 12.8. The van der Waals surface area contributed by atoms with Crippen molar-refractivity contribution in [1.29, 1.82) is 0 Å². The van der Waals surface area contributed by atoms with E-state index in [1.54, 1.807) is 13.8 Å². The molecule has 17 heavy (non-hydrogen) atoms. The van der Waals surface area contributed by atoms with Crippen LogP contribution in [0.1, 0.15) is 27.2 Å². The normalized spacial score (nSPS) is 36.6. The van der Waals surface area contributed by atoms with Gasteiger partial charge < -0.3 is 18.9 Å². The average molecular weight is 248 g/mol. The summed E-state index contributed by atoms with van der Waals surface area (Å²) in [7, 11) is 0. The number of alkyl halides is 1. The molecule has 0 bridgehead atoms. The Morgan fingerprint density at radius 1 is 1.53 bits per heavy atom. The van der Waals surface area contributed by atoms with Crippen LogP contribution in [0.2, 0.25) is 0 Å². The number of ether oxygens (including phenoxy) is 4. The van der Waals surface area contributed by atoms with Crippen LogP contribution in [-0.2, 0) is 23.7 Å². The molecule has 4 atom stereocenters. The molecule has 2 aliphatic rings. The summed E-state index contributed by atoms with van der Waals surface area (Å²) < 4.78 is 34.2. The molecule has 2 heterocycles. The molecular weight excluding hydrogens is 231 g/mol. The molecule has 0 spiro atoms. The lowest BCUT2D eigenvalue weighted by molar-refractivity contribution is -0.218. The van der Waals surface area contributed by atoms with Gasteiger partial charge in [0.15, 0.2) is 18.2 Å². The van der Waals surface area contributed by atoms with Gasteiger partial charge in [-0.15, -0.1) is 0 Å². The topological polar surface area (TPSA) is 54.0 Å². The number of esters is 1. The van der Waals surface area contributed by atoms with Gasteiger partial charge >= 0.3 is 5.97 Å². The second-order valence-electron chi connectivity index (χ2n) is 4.75. The fourth-order valence-corrected chi connectivity index (χ4v) is 2.19. The number of hydrogen-bond acceptors (Lipinski definition) is 5. The van der Waals surface area contributed by atoms with Crippen molar-refractivity contribution in [1.82, 2.24) is 0 Å². The summed E-state index contributed by atoms with van der Waals surface area (Å²) in [6, 6.07) is 0. The van der Waals surface area contributed by atoms with E-state index >= 15 is 0 Å². The predicted molar refractivity (Wildman–Crippen MR) is 54.8 cm³/mol. The first-order valence-corrected chi connectivity index (χ1v) is 5.65. The molecule has 6 heteroatoms. The van der Waals surface area contributed by atoms with E-state index in [-0.39, 0.29) is 6.10 Å². The van der Waals surface area contributed by atoms with Crippen molar-refractivity contribution in [3.63, 3.8) is 0 Å². The predicted octanol–water partition coefficient (Wildman–Crippen LogP) is 1.15. The van der Waals surface area contributed by atoms with Crippen molar-refractivity contribution in [2.45, 2.75) is 57.6 Å². The van der Waals surface area contributed by atoms with Gasteiger partial charge in [-0.25, -0.2) is 4.39 Å². The standard InChI is InChI=1S/C11H17FO5/c1-6(13)14-9(5-12)7-4-8-10(15-7)17-11(2,3)16-8/h7-10H,4-5H2,1-3H3/t7-,8+,9?,10+/m0/s1. The van der Waals surface area contributed by atoms with Crippen LogP contribution < -0.4 is 0 Å². The molecule has 0 aromatic heterocycles.